The highest BCUT2D eigenvalue weighted by Gasteiger charge is 2.25. The molecule has 0 aliphatic heterocycles. The van der Waals surface area contributed by atoms with Crippen LogP contribution < -0.4 is 14.8 Å². The SMILES string of the molecule is COc1cc(C(=O)Nc2cnc3c(c2)c(C)nn3C)c([N+](=O)[O-])cc1OCc1cscn1. The van der Waals surface area contributed by atoms with Gasteiger partial charge in [-0.1, -0.05) is 0 Å². The van der Waals surface area contributed by atoms with Gasteiger partial charge in [-0.2, -0.15) is 5.10 Å². The third kappa shape index (κ3) is 4.07. The number of nitro groups is 1. The summed E-state index contributed by atoms with van der Waals surface area (Å²) in [6, 6.07) is 4.18. The first kappa shape index (κ1) is 21.2. The maximum atomic E-state index is 12.9. The van der Waals surface area contributed by atoms with E-state index in [4.69, 9.17) is 9.47 Å². The molecule has 1 aromatic carbocycles. The molecule has 0 spiro atoms. The van der Waals surface area contributed by atoms with E-state index in [2.05, 4.69) is 20.4 Å². The number of fused-ring (bicyclic) bond motifs is 1. The highest BCUT2D eigenvalue weighted by molar-refractivity contribution is 7.07. The third-order valence-electron chi connectivity index (χ3n) is 4.70. The summed E-state index contributed by atoms with van der Waals surface area (Å²) in [6.07, 6.45) is 1.47. The van der Waals surface area contributed by atoms with Crippen LogP contribution in [0.25, 0.3) is 11.0 Å². The van der Waals surface area contributed by atoms with Crippen molar-refractivity contribution < 1.29 is 19.2 Å². The number of nitrogens with one attached hydrogen (secondary N) is 1. The minimum absolute atomic E-state index is 0.110. The molecule has 0 atom stereocenters. The zero-order valence-corrected chi connectivity index (χ0v) is 18.2. The Morgan fingerprint density at radius 2 is 2.09 bits per heavy atom. The number of nitro benzene ring substituents is 1. The predicted molar refractivity (Wildman–Crippen MR) is 117 cm³/mol. The minimum Gasteiger partial charge on any atom is -0.493 e. The fourth-order valence-corrected chi connectivity index (χ4v) is 3.73. The van der Waals surface area contributed by atoms with Gasteiger partial charge in [0.2, 0.25) is 0 Å². The molecule has 0 radical (unpaired) electrons. The monoisotopic (exact) mass is 454 g/mol. The van der Waals surface area contributed by atoms with Crippen molar-refractivity contribution in [3.8, 4) is 11.5 Å². The molecule has 0 aliphatic rings. The Hall–Kier alpha value is -4.06. The Kier molecular flexibility index (Phi) is 5.69. The molecular formula is C20H18N6O5S. The summed E-state index contributed by atoms with van der Waals surface area (Å²) in [4.78, 5) is 32.4. The normalized spacial score (nSPS) is 10.8. The Morgan fingerprint density at radius 1 is 1.28 bits per heavy atom. The molecule has 3 aromatic heterocycles. The molecule has 4 rings (SSSR count). The third-order valence-corrected chi connectivity index (χ3v) is 5.34. The van der Waals surface area contributed by atoms with Crippen LogP contribution in [0.4, 0.5) is 11.4 Å². The van der Waals surface area contributed by atoms with Gasteiger partial charge in [-0.05, 0) is 13.0 Å². The largest absolute Gasteiger partial charge is 0.493 e. The molecule has 0 fully saturated rings. The number of nitrogens with zero attached hydrogens (tertiary/aromatic N) is 5. The van der Waals surface area contributed by atoms with E-state index in [1.807, 2.05) is 6.92 Å². The molecule has 11 nitrogen and oxygen atoms in total. The van der Waals surface area contributed by atoms with E-state index >= 15 is 0 Å². The summed E-state index contributed by atoms with van der Waals surface area (Å²) in [5.41, 5.74) is 3.55. The molecular weight excluding hydrogens is 436 g/mol. The minimum atomic E-state index is -0.677. The van der Waals surface area contributed by atoms with E-state index < -0.39 is 16.5 Å². The van der Waals surface area contributed by atoms with Crippen LogP contribution in [0, 0.1) is 17.0 Å². The van der Waals surface area contributed by atoms with Crippen LogP contribution in [0.3, 0.4) is 0 Å². The second kappa shape index (κ2) is 8.59. The van der Waals surface area contributed by atoms with Gasteiger partial charge in [-0.15, -0.1) is 11.3 Å². The summed E-state index contributed by atoms with van der Waals surface area (Å²) < 4.78 is 12.6. The molecule has 1 N–H and O–H groups in total. The number of rotatable bonds is 7. The summed E-state index contributed by atoms with van der Waals surface area (Å²) in [5.74, 6) is -0.353. The van der Waals surface area contributed by atoms with Crippen LogP contribution in [0.5, 0.6) is 11.5 Å². The number of amides is 1. The second-order valence-electron chi connectivity index (χ2n) is 6.80. The molecule has 0 unspecified atom stereocenters. The van der Waals surface area contributed by atoms with Crippen LogP contribution in [-0.4, -0.2) is 37.7 Å². The molecule has 32 heavy (non-hydrogen) atoms. The van der Waals surface area contributed by atoms with Gasteiger partial charge in [-0.3, -0.25) is 19.6 Å². The highest BCUT2D eigenvalue weighted by atomic mass is 32.1. The van der Waals surface area contributed by atoms with Gasteiger partial charge in [0, 0.05) is 23.9 Å². The topological polar surface area (TPSA) is 134 Å². The van der Waals surface area contributed by atoms with Crippen molar-refractivity contribution in [2.45, 2.75) is 13.5 Å². The summed E-state index contributed by atoms with van der Waals surface area (Å²) in [7, 11) is 3.16. The summed E-state index contributed by atoms with van der Waals surface area (Å²) in [6.45, 7) is 1.94. The van der Waals surface area contributed by atoms with Crippen molar-refractivity contribution in [2.75, 3.05) is 12.4 Å². The molecule has 0 aliphatic carbocycles. The summed E-state index contributed by atoms with van der Waals surface area (Å²) >= 11 is 1.41. The fraction of sp³-hybridized carbons (Fsp3) is 0.200. The van der Waals surface area contributed by atoms with Gasteiger partial charge in [-0.25, -0.2) is 9.97 Å². The number of thiazole rings is 1. The van der Waals surface area contributed by atoms with Crippen molar-refractivity contribution in [3.63, 3.8) is 0 Å². The highest BCUT2D eigenvalue weighted by Crippen LogP contribution is 2.35. The Morgan fingerprint density at radius 3 is 2.78 bits per heavy atom. The molecule has 0 bridgehead atoms. The lowest BCUT2D eigenvalue weighted by Gasteiger charge is -2.12. The van der Waals surface area contributed by atoms with E-state index in [0.29, 0.717) is 17.0 Å². The van der Waals surface area contributed by atoms with Crippen LogP contribution >= 0.6 is 11.3 Å². The zero-order valence-electron chi connectivity index (χ0n) is 17.4. The molecule has 0 saturated carbocycles. The van der Waals surface area contributed by atoms with Crippen molar-refractivity contribution in [3.05, 3.63) is 62.4 Å². The Balaban J connectivity index is 1.64. The predicted octanol–water partition coefficient (Wildman–Crippen LogP) is 3.48. The van der Waals surface area contributed by atoms with E-state index in [1.165, 1.54) is 36.8 Å². The van der Waals surface area contributed by atoms with Gasteiger partial charge in [0.1, 0.15) is 12.2 Å². The number of pyridine rings is 1. The lowest BCUT2D eigenvalue weighted by atomic mass is 10.1. The number of aromatic nitrogens is 4. The van der Waals surface area contributed by atoms with Gasteiger partial charge in [0.05, 0.1) is 46.9 Å². The maximum Gasteiger partial charge on any atom is 0.286 e. The first-order valence-electron chi connectivity index (χ1n) is 9.34. The van der Waals surface area contributed by atoms with Crippen molar-refractivity contribution >= 4 is 39.7 Å². The molecule has 0 saturated heterocycles. The number of hydrogen-bond donors (Lipinski definition) is 1. The van der Waals surface area contributed by atoms with E-state index in [9.17, 15) is 14.9 Å². The Labute approximate surface area is 185 Å². The van der Waals surface area contributed by atoms with E-state index in [-0.39, 0.29) is 23.7 Å². The van der Waals surface area contributed by atoms with E-state index in [0.717, 1.165) is 11.1 Å². The standard InChI is InChI=1S/C20H18N6O5S/c1-11-14-4-12(7-21-19(14)25(2)24-11)23-20(27)15-5-17(30-3)18(6-16(15)26(28)29)31-8-13-9-32-10-22-13/h4-7,9-10H,8H2,1-3H3,(H,23,27). The van der Waals surface area contributed by atoms with Gasteiger partial charge in [0.15, 0.2) is 17.1 Å². The molecule has 12 heteroatoms. The average molecular weight is 454 g/mol. The second-order valence-corrected chi connectivity index (χ2v) is 7.52. The number of carbonyl (C=O) groups excluding carboxylic acids is 1. The van der Waals surface area contributed by atoms with Crippen molar-refractivity contribution in [1.29, 1.82) is 0 Å². The number of aryl methyl sites for hydroxylation is 2. The molecule has 3 heterocycles. The zero-order chi connectivity index (χ0) is 22.8. The number of benzene rings is 1. The van der Waals surface area contributed by atoms with Crippen molar-refractivity contribution in [2.24, 2.45) is 7.05 Å². The lowest BCUT2D eigenvalue weighted by molar-refractivity contribution is -0.385. The van der Waals surface area contributed by atoms with Crippen LogP contribution in [0.2, 0.25) is 0 Å². The van der Waals surface area contributed by atoms with Crippen LogP contribution in [-0.2, 0) is 13.7 Å². The van der Waals surface area contributed by atoms with Gasteiger partial charge in [0.25, 0.3) is 11.6 Å². The number of carbonyl (C=O) groups is 1. The maximum absolute atomic E-state index is 12.9. The van der Waals surface area contributed by atoms with Crippen molar-refractivity contribution in [1.82, 2.24) is 19.7 Å². The first-order chi connectivity index (χ1) is 15.4. The number of anilines is 1. The quantitative estimate of drug-likeness (QED) is 0.331. The number of methoxy groups -OCH3 is 1. The smallest absolute Gasteiger partial charge is 0.286 e. The fourth-order valence-electron chi connectivity index (χ4n) is 3.19. The number of hydrogen-bond acceptors (Lipinski definition) is 9. The lowest BCUT2D eigenvalue weighted by Crippen LogP contribution is -2.15. The first-order valence-corrected chi connectivity index (χ1v) is 10.3. The van der Waals surface area contributed by atoms with E-state index in [1.54, 1.807) is 28.7 Å². The Bertz CT molecular complexity index is 1320. The van der Waals surface area contributed by atoms with Gasteiger partial charge < -0.3 is 14.8 Å². The van der Waals surface area contributed by atoms with Gasteiger partial charge >= 0.3 is 0 Å². The number of ether oxygens (including phenoxy) is 2. The molecule has 4 aromatic rings. The molecule has 1 amide bonds. The van der Waals surface area contributed by atoms with Crippen LogP contribution in [0.15, 0.2) is 35.3 Å². The van der Waals surface area contributed by atoms with Crippen LogP contribution in [0.1, 0.15) is 21.7 Å². The molecule has 164 valence electrons. The average Bonchev–Trinajstić information content (AvgIpc) is 3.39. The summed E-state index contributed by atoms with van der Waals surface area (Å²) in [5, 5.41) is 21.2.